The molecule has 0 aromatic rings. The Bertz CT molecular complexity index is 251. The summed E-state index contributed by atoms with van der Waals surface area (Å²) in [6, 6.07) is 0.643. The Labute approximate surface area is 117 Å². The first kappa shape index (κ1) is 16.4. The molecule has 4 nitrogen and oxygen atoms in total. The molecular weight excluding hydrogens is 240 g/mol. The van der Waals surface area contributed by atoms with Gasteiger partial charge in [-0.3, -0.25) is 4.79 Å². The third kappa shape index (κ3) is 6.39. The quantitative estimate of drug-likeness (QED) is 0.711. The van der Waals surface area contributed by atoms with Gasteiger partial charge >= 0.3 is 0 Å². The average molecular weight is 270 g/mol. The van der Waals surface area contributed by atoms with Gasteiger partial charge in [0.15, 0.2) is 0 Å². The summed E-state index contributed by atoms with van der Waals surface area (Å²) >= 11 is 0. The molecule has 1 atom stereocenters. The lowest BCUT2D eigenvalue weighted by Crippen LogP contribution is -2.40. The van der Waals surface area contributed by atoms with E-state index in [0.29, 0.717) is 6.04 Å². The average Bonchev–Trinajstić information content (AvgIpc) is 2.43. The topological polar surface area (TPSA) is 50.4 Å². The van der Waals surface area contributed by atoms with Crippen molar-refractivity contribution in [2.45, 2.75) is 77.5 Å². The van der Waals surface area contributed by atoms with Gasteiger partial charge in [0.1, 0.15) is 6.10 Å². The first-order chi connectivity index (χ1) is 9.17. The third-order valence-electron chi connectivity index (χ3n) is 3.67. The number of hydrogen-bond donors (Lipinski definition) is 2. The number of carbonyl (C=O) groups is 1. The van der Waals surface area contributed by atoms with Crippen molar-refractivity contribution >= 4 is 5.91 Å². The van der Waals surface area contributed by atoms with Crippen molar-refractivity contribution in [2.24, 2.45) is 0 Å². The van der Waals surface area contributed by atoms with Crippen LogP contribution >= 0.6 is 0 Å². The van der Waals surface area contributed by atoms with Crippen LogP contribution in [0.3, 0.4) is 0 Å². The Kier molecular flexibility index (Phi) is 8.07. The van der Waals surface area contributed by atoms with Crippen molar-refractivity contribution in [3.8, 4) is 0 Å². The van der Waals surface area contributed by atoms with Crippen LogP contribution in [0.25, 0.3) is 0 Å². The van der Waals surface area contributed by atoms with Gasteiger partial charge in [-0.25, -0.2) is 0 Å². The maximum absolute atomic E-state index is 11.7. The summed E-state index contributed by atoms with van der Waals surface area (Å²) in [7, 11) is 0. The van der Waals surface area contributed by atoms with E-state index in [9.17, 15) is 4.79 Å². The van der Waals surface area contributed by atoms with Gasteiger partial charge in [-0.2, -0.15) is 0 Å². The molecule has 0 heterocycles. The van der Waals surface area contributed by atoms with E-state index in [1.165, 1.54) is 6.42 Å². The summed E-state index contributed by atoms with van der Waals surface area (Å²) in [4.78, 5) is 11.7. The molecule has 0 bridgehead atoms. The lowest BCUT2D eigenvalue weighted by molar-refractivity contribution is -0.136. The van der Waals surface area contributed by atoms with Gasteiger partial charge in [-0.15, -0.1) is 0 Å². The molecule has 1 fully saturated rings. The first-order valence-corrected chi connectivity index (χ1v) is 7.83. The molecule has 2 N–H and O–H groups in total. The van der Waals surface area contributed by atoms with Crippen LogP contribution in [0.5, 0.6) is 0 Å². The van der Waals surface area contributed by atoms with Crippen LogP contribution < -0.4 is 10.6 Å². The molecule has 1 aliphatic carbocycles. The molecule has 0 spiro atoms. The number of nitrogens with one attached hydrogen (secondary N) is 2. The summed E-state index contributed by atoms with van der Waals surface area (Å²) in [5.41, 5.74) is 0. The highest BCUT2D eigenvalue weighted by Gasteiger charge is 2.24. The van der Waals surface area contributed by atoms with E-state index in [0.717, 1.165) is 45.2 Å². The summed E-state index contributed by atoms with van der Waals surface area (Å²) in [5.74, 6) is 0.0214. The molecule has 1 amide bonds. The molecule has 19 heavy (non-hydrogen) atoms. The second-order valence-corrected chi connectivity index (χ2v) is 5.50. The van der Waals surface area contributed by atoms with Crippen LogP contribution in [0.4, 0.5) is 0 Å². The lowest BCUT2D eigenvalue weighted by atomic mass is 9.93. The Morgan fingerprint density at radius 2 is 1.79 bits per heavy atom. The molecule has 0 aromatic carbocycles. The van der Waals surface area contributed by atoms with Gasteiger partial charge in [0, 0.05) is 12.6 Å². The van der Waals surface area contributed by atoms with Gasteiger partial charge < -0.3 is 15.4 Å². The van der Waals surface area contributed by atoms with Crippen molar-refractivity contribution in [1.82, 2.24) is 10.6 Å². The van der Waals surface area contributed by atoms with E-state index in [1.54, 1.807) is 0 Å². The maximum atomic E-state index is 11.7. The highest BCUT2D eigenvalue weighted by Crippen LogP contribution is 2.22. The monoisotopic (exact) mass is 270 g/mol. The standard InChI is InChI=1S/C15H30N2O2/c1-4-10-16-13-6-8-14(9-7-13)19-12(3)15(18)17-11-5-2/h12-14,16H,4-11H2,1-3H3,(H,17,18). The van der Waals surface area contributed by atoms with Crippen LogP contribution in [0, 0.1) is 0 Å². The molecular formula is C15H30N2O2. The fraction of sp³-hybridized carbons (Fsp3) is 0.933. The smallest absolute Gasteiger partial charge is 0.248 e. The van der Waals surface area contributed by atoms with Crippen LogP contribution in [0.1, 0.15) is 59.3 Å². The summed E-state index contributed by atoms with van der Waals surface area (Å²) in [6.45, 7) is 7.94. The maximum Gasteiger partial charge on any atom is 0.248 e. The van der Waals surface area contributed by atoms with Gasteiger partial charge in [-0.1, -0.05) is 13.8 Å². The normalized spacial score (nSPS) is 25.0. The molecule has 1 unspecified atom stereocenters. The molecule has 0 radical (unpaired) electrons. The van der Waals surface area contributed by atoms with Crippen LogP contribution in [-0.4, -0.2) is 37.2 Å². The second kappa shape index (κ2) is 9.32. The SMILES string of the molecule is CCCNC(=O)C(C)OC1CCC(NCCC)CC1. The summed E-state index contributed by atoms with van der Waals surface area (Å²) in [6.07, 6.45) is 6.53. The number of carbonyl (C=O) groups excluding carboxylic acids is 1. The van der Waals surface area contributed by atoms with Gasteiger partial charge in [0.05, 0.1) is 6.10 Å². The molecule has 1 saturated carbocycles. The van der Waals surface area contributed by atoms with Crippen LogP contribution in [0.2, 0.25) is 0 Å². The fourth-order valence-corrected chi connectivity index (χ4v) is 2.49. The second-order valence-electron chi connectivity index (χ2n) is 5.50. The fourth-order valence-electron chi connectivity index (χ4n) is 2.49. The number of amides is 1. The van der Waals surface area contributed by atoms with Crippen molar-refractivity contribution < 1.29 is 9.53 Å². The zero-order valence-corrected chi connectivity index (χ0v) is 12.7. The van der Waals surface area contributed by atoms with Gasteiger partial charge in [0.25, 0.3) is 0 Å². The van der Waals surface area contributed by atoms with E-state index in [2.05, 4.69) is 24.5 Å². The van der Waals surface area contributed by atoms with Crippen LogP contribution in [-0.2, 0) is 9.53 Å². The van der Waals surface area contributed by atoms with E-state index >= 15 is 0 Å². The highest BCUT2D eigenvalue weighted by atomic mass is 16.5. The minimum Gasteiger partial charge on any atom is -0.365 e. The van der Waals surface area contributed by atoms with E-state index in [1.807, 2.05) is 6.92 Å². The van der Waals surface area contributed by atoms with Gasteiger partial charge in [-0.05, 0) is 52.0 Å². The molecule has 0 aliphatic heterocycles. The molecule has 1 rings (SSSR count). The lowest BCUT2D eigenvalue weighted by Gasteiger charge is -2.30. The molecule has 4 heteroatoms. The van der Waals surface area contributed by atoms with E-state index in [4.69, 9.17) is 4.74 Å². The van der Waals surface area contributed by atoms with Crippen molar-refractivity contribution in [3.63, 3.8) is 0 Å². The Morgan fingerprint density at radius 1 is 1.16 bits per heavy atom. The summed E-state index contributed by atoms with van der Waals surface area (Å²) < 4.78 is 5.86. The largest absolute Gasteiger partial charge is 0.365 e. The van der Waals surface area contributed by atoms with Gasteiger partial charge in [0.2, 0.25) is 5.91 Å². The molecule has 1 aliphatic rings. The molecule has 0 aromatic heterocycles. The van der Waals surface area contributed by atoms with Crippen molar-refractivity contribution in [1.29, 1.82) is 0 Å². The van der Waals surface area contributed by atoms with Crippen molar-refractivity contribution in [2.75, 3.05) is 13.1 Å². The number of ether oxygens (including phenoxy) is 1. The minimum absolute atomic E-state index is 0.0214. The number of hydrogen-bond acceptors (Lipinski definition) is 3. The molecule has 0 saturated heterocycles. The molecule has 112 valence electrons. The first-order valence-electron chi connectivity index (χ1n) is 7.83. The Morgan fingerprint density at radius 3 is 2.37 bits per heavy atom. The van der Waals surface area contributed by atoms with Crippen LogP contribution in [0.15, 0.2) is 0 Å². The van der Waals surface area contributed by atoms with E-state index in [-0.39, 0.29) is 18.1 Å². The van der Waals surface area contributed by atoms with Crippen molar-refractivity contribution in [3.05, 3.63) is 0 Å². The summed E-state index contributed by atoms with van der Waals surface area (Å²) in [5, 5.41) is 6.44. The highest BCUT2D eigenvalue weighted by molar-refractivity contribution is 5.80. The zero-order chi connectivity index (χ0) is 14.1. The Hall–Kier alpha value is -0.610. The minimum atomic E-state index is -0.322. The Balaban J connectivity index is 2.19. The van der Waals surface area contributed by atoms with E-state index < -0.39 is 0 Å². The third-order valence-corrected chi connectivity index (χ3v) is 3.67. The zero-order valence-electron chi connectivity index (χ0n) is 12.7. The number of rotatable bonds is 8. The predicted molar refractivity (Wildman–Crippen MR) is 78.2 cm³/mol. The predicted octanol–water partition coefficient (Wildman–Crippen LogP) is 2.23.